The lowest BCUT2D eigenvalue weighted by molar-refractivity contribution is 0.324. The Labute approximate surface area is 162 Å². The first-order valence-electron chi connectivity index (χ1n) is 9.93. The molecule has 3 aromatic carbocycles. The topological polar surface area (TPSA) is 35.2 Å². The van der Waals surface area contributed by atoms with Gasteiger partial charge in [-0.15, -0.1) is 0 Å². The SMILES string of the molecule is Nc1ccc(Oc2ccc(C3CCC(Cc4ccccc4)CC3)cc2)cc1. The van der Waals surface area contributed by atoms with Crippen molar-refractivity contribution in [3.8, 4) is 11.5 Å². The van der Waals surface area contributed by atoms with Crippen LogP contribution in [0.15, 0.2) is 78.9 Å². The molecule has 1 saturated carbocycles. The zero-order valence-corrected chi connectivity index (χ0v) is 15.7. The highest BCUT2D eigenvalue weighted by molar-refractivity contribution is 5.43. The van der Waals surface area contributed by atoms with Gasteiger partial charge in [0, 0.05) is 5.69 Å². The molecule has 0 aliphatic heterocycles. The third-order valence-corrected chi connectivity index (χ3v) is 5.68. The number of hydrogen-bond donors (Lipinski definition) is 1. The van der Waals surface area contributed by atoms with Crippen LogP contribution in [0.4, 0.5) is 5.69 Å². The Kier molecular flexibility index (Phi) is 5.43. The number of rotatable bonds is 5. The van der Waals surface area contributed by atoms with Gasteiger partial charge in [0.05, 0.1) is 0 Å². The zero-order valence-electron chi connectivity index (χ0n) is 15.7. The fourth-order valence-electron chi connectivity index (χ4n) is 4.13. The van der Waals surface area contributed by atoms with Crippen LogP contribution in [-0.4, -0.2) is 0 Å². The Morgan fingerprint density at radius 3 is 1.93 bits per heavy atom. The van der Waals surface area contributed by atoms with Crippen LogP contribution in [0.2, 0.25) is 0 Å². The summed E-state index contributed by atoms with van der Waals surface area (Å²) in [6, 6.07) is 27.1. The van der Waals surface area contributed by atoms with Crippen molar-refractivity contribution in [1.82, 2.24) is 0 Å². The van der Waals surface area contributed by atoms with Gasteiger partial charge >= 0.3 is 0 Å². The largest absolute Gasteiger partial charge is 0.457 e. The first-order chi connectivity index (χ1) is 13.3. The van der Waals surface area contributed by atoms with Gasteiger partial charge in [-0.2, -0.15) is 0 Å². The summed E-state index contributed by atoms with van der Waals surface area (Å²) in [4.78, 5) is 0. The van der Waals surface area contributed by atoms with Crippen LogP contribution in [0.3, 0.4) is 0 Å². The van der Waals surface area contributed by atoms with E-state index in [9.17, 15) is 0 Å². The summed E-state index contributed by atoms with van der Waals surface area (Å²) in [6.45, 7) is 0. The van der Waals surface area contributed by atoms with Crippen LogP contribution in [0.25, 0.3) is 0 Å². The highest BCUT2D eigenvalue weighted by atomic mass is 16.5. The third kappa shape index (κ3) is 4.71. The molecule has 27 heavy (non-hydrogen) atoms. The molecule has 1 fully saturated rings. The van der Waals surface area contributed by atoms with Crippen LogP contribution >= 0.6 is 0 Å². The van der Waals surface area contributed by atoms with Crippen LogP contribution in [0, 0.1) is 5.92 Å². The van der Waals surface area contributed by atoms with Crippen LogP contribution < -0.4 is 10.5 Å². The number of benzene rings is 3. The molecule has 0 aromatic heterocycles. The molecular weight excluding hydrogens is 330 g/mol. The molecule has 0 atom stereocenters. The molecule has 4 rings (SSSR count). The molecule has 3 aromatic rings. The average Bonchev–Trinajstić information content (AvgIpc) is 2.72. The molecule has 0 saturated heterocycles. The Morgan fingerprint density at radius 1 is 0.704 bits per heavy atom. The first-order valence-corrected chi connectivity index (χ1v) is 9.93. The van der Waals surface area contributed by atoms with Gasteiger partial charge in [-0.3, -0.25) is 0 Å². The summed E-state index contributed by atoms with van der Waals surface area (Å²) in [6.07, 6.45) is 6.44. The maximum absolute atomic E-state index is 5.90. The van der Waals surface area contributed by atoms with Crippen LogP contribution in [0.1, 0.15) is 42.7 Å². The van der Waals surface area contributed by atoms with Crippen molar-refractivity contribution in [1.29, 1.82) is 0 Å². The number of anilines is 1. The predicted molar refractivity (Wildman–Crippen MR) is 112 cm³/mol. The minimum Gasteiger partial charge on any atom is -0.457 e. The smallest absolute Gasteiger partial charge is 0.127 e. The third-order valence-electron chi connectivity index (χ3n) is 5.68. The van der Waals surface area contributed by atoms with E-state index in [1.807, 2.05) is 24.3 Å². The summed E-state index contributed by atoms with van der Waals surface area (Å²) in [5, 5.41) is 0. The van der Waals surface area contributed by atoms with E-state index in [0.29, 0.717) is 5.92 Å². The lowest BCUT2D eigenvalue weighted by atomic mass is 9.77. The minimum absolute atomic E-state index is 0.683. The van der Waals surface area contributed by atoms with Gasteiger partial charge in [-0.05, 0) is 91.5 Å². The quantitative estimate of drug-likeness (QED) is 0.524. The maximum atomic E-state index is 5.90. The Morgan fingerprint density at radius 2 is 1.30 bits per heavy atom. The lowest BCUT2D eigenvalue weighted by Gasteiger charge is -2.29. The second-order valence-corrected chi connectivity index (χ2v) is 7.65. The van der Waals surface area contributed by atoms with Gasteiger partial charge in [0.25, 0.3) is 0 Å². The normalized spacial score (nSPS) is 19.6. The van der Waals surface area contributed by atoms with Crippen molar-refractivity contribution in [2.45, 2.75) is 38.0 Å². The number of hydrogen-bond acceptors (Lipinski definition) is 2. The Balaban J connectivity index is 1.31. The standard InChI is InChI=1S/C25H27NO/c26-23-12-16-25(17-13-23)27-24-14-10-22(11-15-24)21-8-6-20(7-9-21)18-19-4-2-1-3-5-19/h1-5,10-17,20-21H,6-9,18,26H2. The highest BCUT2D eigenvalue weighted by Crippen LogP contribution is 2.37. The van der Waals surface area contributed by atoms with Gasteiger partial charge in [0.1, 0.15) is 11.5 Å². The molecule has 0 heterocycles. The number of nitrogens with two attached hydrogens (primary N) is 1. The monoisotopic (exact) mass is 357 g/mol. The fourth-order valence-corrected chi connectivity index (χ4v) is 4.13. The molecule has 2 nitrogen and oxygen atoms in total. The Bertz CT molecular complexity index is 832. The molecule has 138 valence electrons. The summed E-state index contributed by atoms with van der Waals surface area (Å²) in [5.74, 6) is 3.21. The molecule has 1 aliphatic carbocycles. The van der Waals surface area contributed by atoms with Crippen molar-refractivity contribution in [3.05, 3.63) is 90.0 Å². The van der Waals surface area contributed by atoms with Crippen molar-refractivity contribution in [2.75, 3.05) is 5.73 Å². The highest BCUT2D eigenvalue weighted by Gasteiger charge is 2.22. The zero-order chi connectivity index (χ0) is 18.5. The molecule has 0 amide bonds. The lowest BCUT2D eigenvalue weighted by Crippen LogP contribution is -2.15. The van der Waals surface area contributed by atoms with E-state index in [1.165, 1.54) is 43.2 Å². The van der Waals surface area contributed by atoms with E-state index in [2.05, 4.69) is 54.6 Å². The first kappa shape index (κ1) is 17.7. The predicted octanol–water partition coefficient (Wildman–Crippen LogP) is 6.58. The molecule has 0 unspecified atom stereocenters. The molecule has 0 bridgehead atoms. The van der Waals surface area contributed by atoms with Gasteiger partial charge in [-0.1, -0.05) is 42.5 Å². The minimum atomic E-state index is 0.683. The molecule has 0 spiro atoms. The molecule has 2 heteroatoms. The molecule has 0 radical (unpaired) electrons. The van der Waals surface area contributed by atoms with Crippen LogP contribution in [0.5, 0.6) is 11.5 Å². The van der Waals surface area contributed by atoms with E-state index in [0.717, 1.165) is 23.1 Å². The number of ether oxygens (including phenoxy) is 1. The van der Waals surface area contributed by atoms with Crippen molar-refractivity contribution >= 4 is 5.69 Å². The Hall–Kier alpha value is -2.74. The molecule has 1 aliphatic rings. The summed E-state index contributed by atoms with van der Waals surface area (Å²) >= 11 is 0. The fraction of sp³-hybridized carbons (Fsp3) is 0.280. The van der Waals surface area contributed by atoms with Gasteiger partial charge < -0.3 is 10.5 Å². The average molecular weight is 357 g/mol. The van der Waals surface area contributed by atoms with Gasteiger partial charge in [-0.25, -0.2) is 0 Å². The second kappa shape index (κ2) is 8.30. The van der Waals surface area contributed by atoms with Crippen LogP contribution in [-0.2, 0) is 6.42 Å². The molecule has 2 N–H and O–H groups in total. The number of nitrogen functional groups attached to an aromatic ring is 1. The van der Waals surface area contributed by atoms with E-state index in [1.54, 1.807) is 0 Å². The van der Waals surface area contributed by atoms with Crippen molar-refractivity contribution in [2.24, 2.45) is 5.92 Å². The summed E-state index contributed by atoms with van der Waals surface area (Å²) < 4.78 is 5.90. The van der Waals surface area contributed by atoms with E-state index < -0.39 is 0 Å². The van der Waals surface area contributed by atoms with Crippen molar-refractivity contribution in [3.63, 3.8) is 0 Å². The van der Waals surface area contributed by atoms with E-state index >= 15 is 0 Å². The van der Waals surface area contributed by atoms with Crippen molar-refractivity contribution < 1.29 is 4.74 Å². The maximum Gasteiger partial charge on any atom is 0.127 e. The second-order valence-electron chi connectivity index (χ2n) is 7.65. The van der Waals surface area contributed by atoms with Gasteiger partial charge in [0.15, 0.2) is 0 Å². The van der Waals surface area contributed by atoms with E-state index in [-0.39, 0.29) is 0 Å². The summed E-state index contributed by atoms with van der Waals surface area (Å²) in [7, 11) is 0. The summed E-state index contributed by atoms with van der Waals surface area (Å²) in [5.41, 5.74) is 9.39. The van der Waals surface area contributed by atoms with E-state index in [4.69, 9.17) is 10.5 Å². The molecular formula is C25H27NO. The van der Waals surface area contributed by atoms with Gasteiger partial charge in [0.2, 0.25) is 0 Å².